The van der Waals surface area contributed by atoms with Crippen LogP contribution in [0.15, 0.2) is 12.1 Å². The number of nitrogens with zero attached hydrogens (tertiary/aromatic N) is 1. The molecule has 9 heteroatoms. The molecule has 0 aliphatic heterocycles. The summed E-state index contributed by atoms with van der Waals surface area (Å²) in [7, 11) is 1.15. The summed E-state index contributed by atoms with van der Waals surface area (Å²) in [6, 6.07) is 1.52. The lowest BCUT2D eigenvalue weighted by Gasteiger charge is -2.17. The van der Waals surface area contributed by atoms with Crippen LogP contribution in [-0.2, 0) is 0 Å². The summed E-state index contributed by atoms with van der Waals surface area (Å²) in [4.78, 5) is 10.2. The molecule has 0 spiro atoms. The van der Waals surface area contributed by atoms with Gasteiger partial charge in [0, 0.05) is 11.6 Å². The molecule has 0 radical (unpaired) electrons. The van der Waals surface area contributed by atoms with E-state index in [1.54, 1.807) is 0 Å². The van der Waals surface area contributed by atoms with E-state index in [-0.39, 0.29) is 18.1 Å². The van der Waals surface area contributed by atoms with Gasteiger partial charge in [0.2, 0.25) is 5.75 Å². The van der Waals surface area contributed by atoms with E-state index in [2.05, 4.69) is 0 Å². The van der Waals surface area contributed by atoms with Gasteiger partial charge in [-0.05, 0) is 12.5 Å². The highest BCUT2D eigenvalue weighted by Crippen LogP contribution is 2.42. The van der Waals surface area contributed by atoms with Crippen molar-refractivity contribution in [3.8, 4) is 11.5 Å². The van der Waals surface area contributed by atoms with Gasteiger partial charge in [0.1, 0.15) is 0 Å². The van der Waals surface area contributed by atoms with Crippen molar-refractivity contribution >= 4 is 5.69 Å². The van der Waals surface area contributed by atoms with E-state index >= 15 is 0 Å². The summed E-state index contributed by atoms with van der Waals surface area (Å²) >= 11 is 0. The van der Waals surface area contributed by atoms with Gasteiger partial charge in [-0.2, -0.15) is 13.2 Å². The minimum atomic E-state index is -4.94. The topological polar surface area (TPSA) is 81.8 Å². The average Bonchev–Trinajstić information content (AvgIpc) is 2.45. The molecule has 0 amide bonds. The normalized spacial score (nSPS) is 12.8. The zero-order valence-corrected chi connectivity index (χ0v) is 12.0. The van der Waals surface area contributed by atoms with Crippen LogP contribution in [-0.4, -0.2) is 29.9 Å². The lowest BCUT2D eigenvalue weighted by molar-refractivity contribution is -0.386. The van der Waals surface area contributed by atoms with Gasteiger partial charge in [0.15, 0.2) is 11.9 Å². The van der Waals surface area contributed by atoms with Crippen LogP contribution in [0.4, 0.5) is 18.9 Å². The van der Waals surface area contributed by atoms with Crippen LogP contribution in [0, 0.1) is 10.1 Å². The van der Waals surface area contributed by atoms with Crippen molar-refractivity contribution in [2.75, 3.05) is 13.7 Å². The molecule has 0 saturated heterocycles. The Hall–Kier alpha value is -2.03. The molecule has 1 aromatic rings. The highest BCUT2D eigenvalue weighted by Gasteiger charge is 2.41. The largest absolute Gasteiger partial charge is 0.493 e. The summed E-state index contributed by atoms with van der Waals surface area (Å²) in [5.41, 5.74) is -1.37. The highest BCUT2D eigenvalue weighted by molar-refractivity contribution is 5.58. The number of hydrogen-bond donors (Lipinski definition) is 1. The molecule has 1 unspecified atom stereocenters. The molecule has 0 fully saturated rings. The van der Waals surface area contributed by atoms with Crippen molar-refractivity contribution in [2.24, 2.45) is 0 Å². The summed E-state index contributed by atoms with van der Waals surface area (Å²) < 4.78 is 47.8. The molecule has 1 N–H and O–H groups in total. The van der Waals surface area contributed by atoms with Crippen molar-refractivity contribution in [1.82, 2.24) is 0 Å². The fourth-order valence-corrected chi connectivity index (χ4v) is 1.71. The van der Waals surface area contributed by atoms with E-state index in [0.717, 1.165) is 19.6 Å². The summed E-state index contributed by atoms with van der Waals surface area (Å²) in [6.45, 7) is 2.05. The molecule has 6 nitrogen and oxygen atoms in total. The van der Waals surface area contributed by atoms with Gasteiger partial charge < -0.3 is 14.6 Å². The molecule has 0 heterocycles. The van der Waals surface area contributed by atoms with Gasteiger partial charge in [0.05, 0.1) is 18.6 Å². The third kappa shape index (κ3) is 4.23. The number of nitro groups is 1. The first-order valence-electron chi connectivity index (χ1n) is 6.46. The summed E-state index contributed by atoms with van der Waals surface area (Å²) in [5.74, 6) is -0.484. The SMILES string of the molecule is CCCCOc1c(OC)cc(C(O)C(F)(F)F)cc1[N+](=O)[O-]. The van der Waals surface area contributed by atoms with E-state index in [9.17, 15) is 28.4 Å². The van der Waals surface area contributed by atoms with Crippen LogP contribution in [0.1, 0.15) is 31.4 Å². The maximum atomic E-state index is 12.6. The lowest BCUT2D eigenvalue weighted by Crippen LogP contribution is -2.20. The van der Waals surface area contributed by atoms with Gasteiger partial charge in [-0.1, -0.05) is 13.3 Å². The van der Waals surface area contributed by atoms with Crippen LogP contribution in [0.25, 0.3) is 0 Å². The van der Waals surface area contributed by atoms with Crippen molar-refractivity contribution < 1.29 is 32.7 Å². The van der Waals surface area contributed by atoms with Gasteiger partial charge in [0.25, 0.3) is 0 Å². The predicted octanol–water partition coefficient (Wildman–Crippen LogP) is 3.38. The third-order valence-electron chi connectivity index (χ3n) is 2.84. The number of aliphatic hydroxyl groups excluding tert-OH is 1. The summed E-state index contributed by atoms with van der Waals surface area (Å²) in [6.07, 6.45) is -6.39. The van der Waals surface area contributed by atoms with Gasteiger partial charge in [-0.25, -0.2) is 0 Å². The Morgan fingerprint density at radius 2 is 2.05 bits per heavy atom. The van der Waals surface area contributed by atoms with Crippen molar-refractivity contribution in [3.63, 3.8) is 0 Å². The van der Waals surface area contributed by atoms with Crippen LogP contribution in [0.2, 0.25) is 0 Å². The molecule has 0 aliphatic carbocycles. The second kappa shape index (κ2) is 7.30. The Morgan fingerprint density at radius 3 is 2.50 bits per heavy atom. The van der Waals surface area contributed by atoms with E-state index in [4.69, 9.17) is 9.47 Å². The number of nitro benzene ring substituents is 1. The Bertz CT molecular complexity index is 533. The minimum Gasteiger partial charge on any atom is -0.493 e. The predicted molar refractivity (Wildman–Crippen MR) is 71.1 cm³/mol. The number of ether oxygens (including phenoxy) is 2. The van der Waals surface area contributed by atoms with Crippen molar-refractivity contribution in [1.29, 1.82) is 0 Å². The molecule has 124 valence electrons. The lowest BCUT2D eigenvalue weighted by atomic mass is 10.1. The molecule has 22 heavy (non-hydrogen) atoms. The molecule has 0 aliphatic rings. The van der Waals surface area contributed by atoms with E-state index in [1.807, 2.05) is 6.92 Å². The number of rotatable bonds is 7. The van der Waals surface area contributed by atoms with E-state index in [1.165, 1.54) is 0 Å². The molecule has 1 rings (SSSR count). The number of hydrogen-bond acceptors (Lipinski definition) is 5. The fraction of sp³-hybridized carbons (Fsp3) is 0.538. The molecular weight excluding hydrogens is 307 g/mol. The first-order chi connectivity index (χ1) is 10.2. The molecule has 0 saturated carbocycles. The minimum absolute atomic E-state index is 0.162. The van der Waals surface area contributed by atoms with Crippen LogP contribution >= 0.6 is 0 Å². The Kier molecular flexibility index (Phi) is 5.98. The molecular formula is C13H16F3NO5. The zero-order valence-electron chi connectivity index (χ0n) is 12.0. The molecule has 1 atom stereocenters. The smallest absolute Gasteiger partial charge is 0.418 e. The van der Waals surface area contributed by atoms with Crippen LogP contribution < -0.4 is 9.47 Å². The number of halogens is 3. The van der Waals surface area contributed by atoms with Gasteiger partial charge in [-0.3, -0.25) is 10.1 Å². The number of benzene rings is 1. The monoisotopic (exact) mass is 323 g/mol. The first-order valence-corrected chi connectivity index (χ1v) is 6.46. The standard InChI is InChI=1S/C13H16F3NO5/c1-3-4-5-22-11-9(17(19)20)6-8(7-10(11)21-2)12(18)13(14,15)16/h6-7,12,18H,3-5H2,1-2H3. The highest BCUT2D eigenvalue weighted by atomic mass is 19.4. The number of alkyl halides is 3. The number of methoxy groups -OCH3 is 1. The Labute approximate surface area is 124 Å². The van der Waals surface area contributed by atoms with E-state index < -0.39 is 28.5 Å². The number of aliphatic hydroxyl groups is 1. The number of unbranched alkanes of at least 4 members (excludes halogenated alkanes) is 1. The second-order valence-corrected chi connectivity index (χ2v) is 4.47. The average molecular weight is 323 g/mol. The first kappa shape index (κ1) is 18.0. The quantitative estimate of drug-likeness (QED) is 0.472. The zero-order chi connectivity index (χ0) is 16.9. The van der Waals surface area contributed by atoms with E-state index in [0.29, 0.717) is 12.5 Å². The van der Waals surface area contributed by atoms with Gasteiger partial charge in [-0.15, -0.1) is 0 Å². The Balaban J connectivity index is 3.31. The third-order valence-corrected chi connectivity index (χ3v) is 2.84. The van der Waals surface area contributed by atoms with Crippen molar-refractivity contribution in [3.05, 3.63) is 27.8 Å². The Morgan fingerprint density at radius 1 is 1.41 bits per heavy atom. The molecule has 1 aromatic carbocycles. The van der Waals surface area contributed by atoms with Crippen LogP contribution in [0.5, 0.6) is 11.5 Å². The van der Waals surface area contributed by atoms with Crippen molar-refractivity contribution in [2.45, 2.75) is 32.0 Å². The maximum Gasteiger partial charge on any atom is 0.418 e. The fourth-order valence-electron chi connectivity index (χ4n) is 1.71. The maximum absolute atomic E-state index is 12.6. The molecule has 0 aromatic heterocycles. The summed E-state index contributed by atoms with van der Waals surface area (Å²) in [5, 5.41) is 20.3. The van der Waals surface area contributed by atoms with Crippen LogP contribution in [0.3, 0.4) is 0 Å². The van der Waals surface area contributed by atoms with Gasteiger partial charge >= 0.3 is 11.9 Å². The molecule has 0 bridgehead atoms. The second-order valence-electron chi connectivity index (χ2n) is 4.47.